The van der Waals surface area contributed by atoms with Crippen molar-refractivity contribution in [2.45, 2.75) is 62.1 Å². The molecule has 1 aliphatic rings. The number of pyridine rings is 1. The Bertz CT molecular complexity index is 2690. The summed E-state index contributed by atoms with van der Waals surface area (Å²) in [6.45, 7) is 12.2. The Hall–Kier alpha value is -6.73. The van der Waals surface area contributed by atoms with Gasteiger partial charge >= 0.3 is 0 Å². The maximum absolute atomic E-state index is 15.7. The third-order valence-corrected chi connectivity index (χ3v) is 11.9. The van der Waals surface area contributed by atoms with Gasteiger partial charge in [0.25, 0.3) is 0 Å². The lowest BCUT2D eigenvalue weighted by Crippen LogP contribution is -2.59. The number of amides is 1. The number of rotatable bonds is 15. The van der Waals surface area contributed by atoms with E-state index in [1.54, 1.807) is 24.8 Å². The highest BCUT2D eigenvalue weighted by molar-refractivity contribution is 8.14. The van der Waals surface area contributed by atoms with E-state index in [1.165, 1.54) is 16.1 Å². The predicted octanol–water partition coefficient (Wildman–Crippen LogP) is 6.05. The molecule has 17 nitrogen and oxygen atoms in total. The molecule has 6 heterocycles. The highest BCUT2D eigenvalue weighted by Gasteiger charge is 2.34. The maximum Gasteiger partial charge on any atom is 0.247 e. The van der Waals surface area contributed by atoms with Crippen LogP contribution in [0.3, 0.4) is 0 Å². The molecule has 7 aromatic rings. The van der Waals surface area contributed by atoms with Crippen molar-refractivity contribution in [3.05, 3.63) is 84.7 Å². The van der Waals surface area contributed by atoms with E-state index in [4.69, 9.17) is 9.72 Å². The number of aryl methyl sites for hydroxylation is 1. The monoisotopic (exact) mass is 862 g/mol. The zero-order valence-electron chi connectivity index (χ0n) is 35.6. The lowest BCUT2D eigenvalue weighted by Gasteiger charge is -2.47. The van der Waals surface area contributed by atoms with Crippen LogP contribution in [-0.4, -0.2) is 113 Å². The van der Waals surface area contributed by atoms with Crippen LogP contribution in [0.15, 0.2) is 83.1 Å². The zero-order chi connectivity index (χ0) is 44.0. The molecule has 62 heavy (non-hydrogen) atoms. The number of carbonyl (C=O) groups excluding carboxylic acids is 2. The van der Waals surface area contributed by atoms with Crippen molar-refractivity contribution >= 4 is 69.0 Å². The van der Waals surface area contributed by atoms with Crippen molar-refractivity contribution in [1.82, 2.24) is 54.8 Å². The molecule has 1 aliphatic heterocycles. The molecule has 0 radical (unpaired) electrons. The van der Waals surface area contributed by atoms with Crippen LogP contribution in [-0.2, 0) is 23.2 Å². The third kappa shape index (κ3) is 9.58. The van der Waals surface area contributed by atoms with Gasteiger partial charge < -0.3 is 30.4 Å². The van der Waals surface area contributed by atoms with Crippen molar-refractivity contribution < 1.29 is 18.7 Å². The highest BCUT2D eigenvalue weighted by Crippen LogP contribution is 2.38. The van der Waals surface area contributed by atoms with E-state index in [0.717, 1.165) is 70.5 Å². The van der Waals surface area contributed by atoms with Crippen LogP contribution in [0.1, 0.15) is 39.7 Å². The van der Waals surface area contributed by atoms with Crippen LogP contribution in [0.25, 0.3) is 27.9 Å². The normalized spacial score (nSPS) is 14.4. The average molecular weight is 863 g/mol. The largest absolute Gasteiger partial charge is 0.485 e. The SMILES string of the molecule is C=S(c1cccc(CN2CCN(c3ccc4c(NC)nn(C)c4n3)CC2(C)C)c1)c1ccc(Nc2nc3c(OC(C)C)c(-c4cn[nH]c4)ncn3n2)c(F)c1.O=CCCNC=O. The standard InChI is InChI=1S/C39H44FN13OS.C4H7NO2/c1-24(2)54-34-33(26-19-43-44-20-26)42-23-53-37(34)47-38(49-53)45-31-13-11-28(18-30(31)40)55(7)27-10-8-9-25(17-27)21-52-16-15-51(22-39(52,3)4)32-14-12-29-35(41-5)48-50(6)36(29)46-32;6-3-1-2-5-4-7/h8-14,17-20,23-24H,7,15-16,21-22H2,1-6H3,(H,41,48)(H,43,44)(H,45,49);3-4H,1-2H2,(H,5,7). The first-order valence-corrected chi connectivity index (χ1v) is 21.5. The van der Waals surface area contributed by atoms with Gasteiger partial charge in [-0.2, -0.15) is 19.7 Å². The minimum atomic E-state index is -0.612. The van der Waals surface area contributed by atoms with Gasteiger partial charge in [-0.1, -0.05) is 18.0 Å². The number of H-pyrrole nitrogens is 1. The number of aromatic amines is 1. The Morgan fingerprint density at radius 1 is 1.05 bits per heavy atom. The number of halogens is 1. The molecular formula is C43H51FN14O3S. The van der Waals surface area contributed by atoms with E-state index in [1.807, 2.05) is 38.7 Å². The number of anilines is 4. The van der Waals surface area contributed by atoms with Crippen LogP contribution in [0, 0.1) is 5.82 Å². The highest BCUT2D eigenvalue weighted by atomic mass is 32.2. The number of ether oxygens (including phenoxy) is 1. The molecular weight excluding hydrogens is 812 g/mol. The number of hydrogen-bond acceptors (Lipinski definition) is 13. The van der Waals surface area contributed by atoms with Gasteiger partial charge in [-0.25, -0.2) is 19.0 Å². The average Bonchev–Trinajstić information content (AvgIpc) is 4.02. The van der Waals surface area contributed by atoms with Crippen molar-refractivity contribution in [3.63, 3.8) is 0 Å². The molecule has 1 atom stereocenters. The van der Waals surface area contributed by atoms with Crippen LogP contribution >= 0.6 is 10.5 Å². The van der Waals surface area contributed by atoms with Crippen molar-refractivity contribution in [2.75, 3.05) is 48.8 Å². The van der Waals surface area contributed by atoms with Gasteiger partial charge in [-0.15, -0.1) is 15.6 Å². The Labute approximate surface area is 361 Å². The number of piperazine rings is 1. The molecule has 1 unspecified atom stereocenters. The van der Waals surface area contributed by atoms with Gasteiger partial charge in [-0.3, -0.25) is 14.8 Å². The number of aldehydes is 1. The van der Waals surface area contributed by atoms with Crippen LogP contribution in [0.2, 0.25) is 0 Å². The van der Waals surface area contributed by atoms with Gasteiger partial charge in [0.05, 0.1) is 23.4 Å². The zero-order valence-corrected chi connectivity index (χ0v) is 36.4. The summed E-state index contributed by atoms with van der Waals surface area (Å²) in [6, 6.07) is 17.8. The van der Waals surface area contributed by atoms with Crippen molar-refractivity contribution in [3.8, 4) is 17.0 Å². The molecule has 0 saturated carbocycles. The van der Waals surface area contributed by atoms with E-state index >= 15 is 4.39 Å². The lowest BCUT2D eigenvalue weighted by atomic mass is 9.97. The summed E-state index contributed by atoms with van der Waals surface area (Å²) in [5.74, 6) is 6.50. The van der Waals surface area contributed by atoms with E-state index in [9.17, 15) is 9.59 Å². The maximum atomic E-state index is 15.7. The molecule has 2 aromatic carbocycles. The summed E-state index contributed by atoms with van der Waals surface area (Å²) in [7, 11) is 3.19. The molecule has 1 saturated heterocycles. The quantitative estimate of drug-likeness (QED) is 0.0531. The molecule has 324 valence electrons. The van der Waals surface area contributed by atoms with E-state index in [0.29, 0.717) is 36.5 Å². The fourth-order valence-electron chi connectivity index (χ4n) is 7.21. The second kappa shape index (κ2) is 18.9. The number of nitrogens with one attached hydrogen (secondary N) is 4. The van der Waals surface area contributed by atoms with E-state index in [2.05, 4.69) is 112 Å². The number of hydrogen-bond donors (Lipinski definition) is 4. The fraction of sp³-hybridized carbons (Fsp3) is 0.326. The van der Waals surface area contributed by atoms with Gasteiger partial charge in [0, 0.05) is 80.3 Å². The van der Waals surface area contributed by atoms with Crippen LogP contribution in [0.4, 0.5) is 27.7 Å². The van der Waals surface area contributed by atoms with E-state index in [-0.39, 0.29) is 23.3 Å². The molecule has 0 aliphatic carbocycles. The first kappa shape index (κ1) is 43.4. The minimum absolute atomic E-state index is 0.108. The second-order valence-corrected chi connectivity index (χ2v) is 17.3. The van der Waals surface area contributed by atoms with Crippen molar-refractivity contribution in [2.24, 2.45) is 7.05 Å². The second-order valence-electron chi connectivity index (χ2n) is 15.5. The Morgan fingerprint density at radius 3 is 2.58 bits per heavy atom. The molecule has 8 rings (SSSR count). The first-order chi connectivity index (χ1) is 29.9. The molecule has 5 aromatic heterocycles. The van der Waals surface area contributed by atoms with E-state index < -0.39 is 16.3 Å². The number of aromatic nitrogens is 9. The molecule has 0 bridgehead atoms. The summed E-state index contributed by atoms with van der Waals surface area (Å²) in [4.78, 5) is 39.8. The van der Waals surface area contributed by atoms with Gasteiger partial charge in [0.15, 0.2) is 17.2 Å². The number of carbonyl (C=O) groups is 2. The summed E-state index contributed by atoms with van der Waals surface area (Å²) in [6.07, 6.45) is 6.54. The number of benzene rings is 2. The van der Waals surface area contributed by atoms with Crippen LogP contribution < -0.4 is 25.6 Å². The van der Waals surface area contributed by atoms with Gasteiger partial charge in [-0.05, 0) is 75.7 Å². The lowest BCUT2D eigenvalue weighted by molar-refractivity contribution is -0.110. The smallest absolute Gasteiger partial charge is 0.247 e. The minimum Gasteiger partial charge on any atom is -0.485 e. The summed E-state index contributed by atoms with van der Waals surface area (Å²) < 4.78 is 25.1. The van der Waals surface area contributed by atoms with Crippen molar-refractivity contribution in [1.29, 1.82) is 0 Å². The Kier molecular flexibility index (Phi) is 13.2. The molecule has 1 amide bonds. The number of fused-ring (bicyclic) bond motifs is 2. The van der Waals surface area contributed by atoms with Gasteiger partial charge in [0.1, 0.15) is 29.9 Å². The van der Waals surface area contributed by atoms with Crippen LogP contribution in [0.5, 0.6) is 5.75 Å². The molecule has 0 spiro atoms. The summed E-state index contributed by atoms with van der Waals surface area (Å²) in [5.41, 5.74) is 3.98. The molecule has 1 fully saturated rings. The van der Waals surface area contributed by atoms with Gasteiger partial charge in [0.2, 0.25) is 18.0 Å². The molecule has 19 heteroatoms. The Balaban J connectivity index is 0.000000762. The predicted molar refractivity (Wildman–Crippen MR) is 241 cm³/mol. The third-order valence-electron chi connectivity index (χ3n) is 10.3. The summed E-state index contributed by atoms with van der Waals surface area (Å²) in [5, 5.41) is 25.4. The number of nitrogens with zero attached hydrogens (tertiary/aromatic N) is 10. The topological polar surface area (TPSA) is 188 Å². The Morgan fingerprint density at radius 2 is 1.87 bits per heavy atom. The first-order valence-electron chi connectivity index (χ1n) is 20.1. The fourth-order valence-corrected chi connectivity index (χ4v) is 8.49. The molecule has 4 N–H and O–H groups in total. The summed E-state index contributed by atoms with van der Waals surface area (Å²) >= 11 is 0.